The van der Waals surface area contributed by atoms with Gasteiger partial charge in [0.15, 0.2) is 17.0 Å². The first-order valence-electron chi connectivity index (χ1n) is 14.8. The third kappa shape index (κ3) is 3.63. The number of furan rings is 1. The molecule has 0 radical (unpaired) electrons. The van der Waals surface area contributed by atoms with Crippen molar-refractivity contribution in [3.63, 3.8) is 0 Å². The summed E-state index contributed by atoms with van der Waals surface area (Å²) in [6.07, 6.45) is 0. The van der Waals surface area contributed by atoms with Crippen molar-refractivity contribution < 1.29 is 4.42 Å². The molecule has 6 aromatic carbocycles. The van der Waals surface area contributed by atoms with Gasteiger partial charge in [-0.2, -0.15) is 10.5 Å². The van der Waals surface area contributed by atoms with Gasteiger partial charge in [-0.25, -0.2) is 9.69 Å². The predicted molar refractivity (Wildman–Crippen MR) is 184 cm³/mol. The molecule has 0 saturated heterocycles. The number of fused-ring (bicyclic) bond motifs is 9. The van der Waals surface area contributed by atoms with Crippen molar-refractivity contribution in [3.05, 3.63) is 143 Å². The maximum atomic E-state index is 9.62. The van der Waals surface area contributed by atoms with Crippen molar-refractivity contribution in [2.45, 2.75) is 0 Å². The van der Waals surface area contributed by atoms with Gasteiger partial charge in [-0.05, 0) is 95.7 Å². The Morgan fingerprint density at radius 3 is 1.66 bits per heavy atom. The van der Waals surface area contributed by atoms with Crippen molar-refractivity contribution in [2.75, 3.05) is 0 Å². The molecule has 3 aromatic heterocycles. The van der Waals surface area contributed by atoms with Gasteiger partial charge in [-0.3, -0.25) is 0 Å². The highest BCUT2D eigenvalue weighted by molar-refractivity contribution is 6.15. The Hall–Kier alpha value is -7.32. The molecule has 3 heterocycles. The molecule has 0 atom stereocenters. The molecule has 47 heavy (non-hydrogen) atoms. The van der Waals surface area contributed by atoms with Crippen LogP contribution in [0.15, 0.2) is 114 Å². The summed E-state index contributed by atoms with van der Waals surface area (Å²) in [4.78, 5) is 7.28. The first-order chi connectivity index (χ1) is 23.1. The summed E-state index contributed by atoms with van der Waals surface area (Å²) >= 11 is 0. The number of nitriles is 2. The molecule has 0 saturated carbocycles. The van der Waals surface area contributed by atoms with E-state index in [-0.39, 0.29) is 0 Å². The Kier molecular flexibility index (Phi) is 5.33. The summed E-state index contributed by atoms with van der Waals surface area (Å²) in [5.41, 5.74) is 9.15. The molecule has 0 spiro atoms. The van der Waals surface area contributed by atoms with E-state index in [0.717, 1.165) is 76.9 Å². The van der Waals surface area contributed by atoms with Crippen LogP contribution in [0.2, 0.25) is 0 Å². The van der Waals surface area contributed by atoms with E-state index in [2.05, 4.69) is 43.1 Å². The second-order valence-corrected chi connectivity index (χ2v) is 11.4. The predicted octanol–water partition coefficient (Wildman–Crippen LogP) is 10.6. The summed E-state index contributed by atoms with van der Waals surface area (Å²) in [7, 11) is 0. The van der Waals surface area contributed by atoms with Crippen LogP contribution in [-0.2, 0) is 0 Å². The lowest BCUT2D eigenvalue weighted by atomic mass is 10.1. The van der Waals surface area contributed by atoms with E-state index in [1.54, 1.807) is 0 Å². The van der Waals surface area contributed by atoms with Crippen molar-refractivity contribution in [3.8, 4) is 23.5 Å². The lowest BCUT2D eigenvalue weighted by Gasteiger charge is -2.09. The van der Waals surface area contributed by atoms with E-state index in [1.807, 2.05) is 97.1 Å². The Morgan fingerprint density at radius 2 is 1.09 bits per heavy atom. The fourth-order valence-corrected chi connectivity index (χ4v) is 6.93. The molecule has 9 aromatic rings. The molecule has 7 heteroatoms. The van der Waals surface area contributed by atoms with Crippen LogP contribution in [0.4, 0.5) is 11.4 Å². The molecule has 0 unspecified atom stereocenters. The molecule has 0 aliphatic carbocycles. The second kappa shape index (κ2) is 9.59. The zero-order valence-electron chi connectivity index (χ0n) is 24.5. The number of aromatic nitrogens is 2. The number of rotatable bonds is 2. The van der Waals surface area contributed by atoms with E-state index >= 15 is 0 Å². The molecule has 9 rings (SSSR count). The summed E-state index contributed by atoms with van der Waals surface area (Å²) < 4.78 is 10.9. The number of hydrogen-bond donors (Lipinski definition) is 0. The van der Waals surface area contributed by atoms with Gasteiger partial charge in [0.25, 0.3) is 0 Å². The monoisotopic (exact) mass is 598 g/mol. The van der Waals surface area contributed by atoms with Crippen LogP contribution in [0.3, 0.4) is 0 Å². The number of hydrogen-bond acceptors (Lipinski definition) is 3. The number of benzene rings is 6. The van der Waals surface area contributed by atoms with Gasteiger partial charge in [-0.15, -0.1) is 0 Å². The third-order valence-electron chi connectivity index (χ3n) is 8.97. The minimum atomic E-state index is 0.535. The molecular weight excluding hydrogens is 580 g/mol. The molecule has 0 aliphatic heterocycles. The Bertz CT molecular complexity index is 2870. The van der Waals surface area contributed by atoms with Crippen LogP contribution in [0.25, 0.3) is 86.6 Å². The summed E-state index contributed by atoms with van der Waals surface area (Å²) in [6, 6.07) is 39.3. The van der Waals surface area contributed by atoms with Gasteiger partial charge in [0, 0.05) is 27.2 Å². The van der Waals surface area contributed by atoms with Crippen LogP contribution in [0, 0.1) is 35.8 Å². The minimum absolute atomic E-state index is 0.535. The van der Waals surface area contributed by atoms with Gasteiger partial charge < -0.3 is 13.6 Å². The third-order valence-corrected chi connectivity index (χ3v) is 8.97. The average molecular weight is 599 g/mol. The van der Waals surface area contributed by atoms with Gasteiger partial charge in [-0.1, -0.05) is 24.3 Å². The number of para-hydroxylation sites is 1. The van der Waals surface area contributed by atoms with Crippen LogP contribution in [0.1, 0.15) is 11.1 Å². The summed E-state index contributed by atoms with van der Waals surface area (Å²) in [5, 5.41) is 24.7. The fraction of sp³-hybridized carbons (Fsp3) is 0. The highest BCUT2D eigenvalue weighted by Gasteiger charge is 2.20. The first-order valence-corrected chi connectivity index (χ1v) is 14.8. The van der Waals surface area contributed by atoms with E-state index in [0.29, 0.717) is 22.5 Å². The van der Waals surface area contributed by atoms with Gasteiger partial charge >= 0.3 is 0 Å². The Balaban J connectivity index is 1.31. The number of nitrogens with zero attached hydrogens (tertiary/aromatic N) is 6. The zero-order chi connectivity index (χ0) is 31.8. The minimum Gasteiger partial charge on any atom is -0.454 e. The average Bonchev–Trinajstić information content (AvgIpc) is 3.77. The highest BCUT2D eigenvalue weighted by atomic mass is 16.3. The SMILES string of the molecule is [C-]#[N+]c1ccc2c(c1)c1cc(C#N)ccc1n2-c1ccc2oc3c(-n4c5ccc(C#N)cc5c5cc([N+]#[C-])ccc54)cccc3c2c1. The Labute approximate surface area is 267 Å². The maximum absolute atomic E-state index is 9.62. The summed E-state index contributed by atoms with van der Waals surface area (Å²) in [6.45, 7) is 15.1. The lowest BCUT2D eigenvalue weighted by Crippen LogP contribution is -1.94. The van der Waals surface area contributed by atoms with Crippen molar-refractivity contribution in [2.24, 2.45) is 0 Å². The molecule has 214 valence electrons. The van der Waals surface area contributed by atoms with Crippen molar-refractivity contribution in [1.82, 2.24) is 9.13 Å². The fourth-order valence-electron chi connectivity index (χ4n) is 6.93. The first kappa shape index (κ1) is 26.1. The lowest BCUT2D eigenvalue weighted by molar-refractivity contribution is 0.666. The molecule has 7 nitrogen and oxygen atoms in total. The Morgan fingerprint density at radius 1 is 0.532 bits per heavy atom. The van der Waals surface area contributed by atoms with Crippen molar-refractivity contribution >= 4 is 76.9 Å². The highest BCUT2D eigenvalue weighted by Crippen LogP contribution is 2.41. The zero-order valence-corrected chi connectivity index (χ0v) is 24.5. The molecular formula is C40H18N6O. The molecule has 0 N–H and O–H groups in total. The van der Waals surface area contributed by atoms with E-state index in [1.165, 1.54) is 0 Å². The largest absolute Gasteiger partial charge is 0.454 e. The molecule has 0 fully saturated rings. The van der Waals surface area contributed by atoms with Crippen LogP contribution >= 0.6 is 0 Å². The van der Waals surface area contributed by atoms with Crippen LogP contribution < -0.4 is 0 Å². The van der Waals surface area contributed by atoms with Crippen LogP contribution in [0.5, 0.6) is 0 Å². The van der Waals surface area contributed by atoms with Gasteiger partial charge in [0.1, 0.15) is 5.58 Å². The second-order valence-electron chi connectivity index (χ2n) is 11.4. The molecule has 0 amide bonds. The molecule has 0 bridgehead atoms. The maximum Gasteiger partial charge on any atom is 0.188 e. The standard InChI is InChI=1S/C40H18N6O/c1-43-25-8-13-35-31(18-25)29-16-23(21-41)6-11-34(29)45(35)27-10-15-39-33(20-27)28-4-3-5-38(40(28)47-39)46-36-12-7-24(22-42)17-30(36)32-19-26(44-2)9-14-37(32)46/h3-20H. The smallest absolute Gasteiger partial charge is 0.188 e. The van der Waals surface area contributed by atoms with Gasteiger partial charge in [0.05, 0.1) is 64.2 Å². The van der Waals surface area contributed by atoms with Crippen molar-refractivity contribution in [1.29, 1.82) is 10.5 Å². The topological polar surface area (TPSA) is 79.3 Å². The van der Waals surface area contributed by atoms with E-state index < -0.39 is 0 Å². The van der Waals surface area contributed by atoms with E-state index in [4.69, 9.17) is 17.6 Å². The molecule has 0 aliphatic rings. The summed E-state index contributed by atoms with van der Waals surface area (Å²) in [5.74, 6) is 0. The van der Waals surface area contributed by atoms with E-state index in [9.17, 15) is 10.5 Å². The van der Waals surface area contributed by atoms with Crippen LogP contribution in [-0.4, -0.2) is 9.13 Å². The normalized spacial score (nSPS) is 11.3. The quantitative estimate of drug-likeness (QED) is 0.186. The van der Waals surface area contributed by atoms with Gasteiger partial charge in [0.2, 0.25) is 0 Å².